The van der Waals surface area contributed by atoms with Crippen LogP contribution in [0.3, 0.4) is 0 Å². The van der Waals surface area contributed by atoms with Crippen LogP contribution in [0.25, 0.3) is 0 Å². The second-order valence-electron chi connectivity index (χ2n) is 6.05. The van der Waals surface area contributed by atoms with Crippen LogP contribution in [0.15, 0.2) is 48.5 Å². The van der Waals surface area contributed by atoms with Gasteiger partial charge in [0.1, 0.15) is 6.54 Å². The maximum Gasteiger partial charge on any atom is 0.254 e. The van der Waals surface area contributed by atoms with E-state index in [1.165, 1.54) is 11.0 Å². The van der Waals surface area contributed by atoms with Gasteiger partial charge in [-0.05, 0) is 35.7 Å². The second-order valence-corrected chi connectivity index (χ2v) is 8.21. The Morgan fingerprint density at radius 2 is 1.92 bits per heavy atom. The number of rotatable bonds is 5. The van der Waals surface area contributed by atoms with Crippen molar-refractivity contribution in [3.05, 3.63) is 70.2 Å². The van der Waals surface area contributed by atoms with Gasteiger partial charge in [-0.2, -0.15) is 0 Å². The van der Waals surface area contributed by atoms with Crippen LogP contribution in [0.1, 0.15) is 21.5 Å². The number of amides is 2. The van der Waals surface area contributed by atoms with E-state index in [9.17, 15) is 18.0 Å². The molecule has 1 aliphatic rings. The normalized spacial score (nSPS) is 14.0. The molecular formula is C18H17ClN2O4S. The number of sulfonamides is 1. The molecule has 0 fully saturated rings. The smallest absolute Gasteiger partial charge is 0.254 e. The highest BCUT2D eigenvalue weighted by Crippen LogP contribution is 2.18. The Hall–Kier alpha value is -2.38. The van der Waals surface area contributed by atoms with Crippen molar-refractivity contribution in [3.8, 4) is 0 Å². The minimum atomic E-state index is -3.88. The topological polar surface area (TPSA) is 83.6 Å². The van der Waals surface area contributed by atoms with Crippen LogP contribution in [-0.4, -0.2) is 38.2 Å². The summed E-state index contributed by atoms with van der Waals surface area (Å²) in [5.74, 6) is -1.37. The van der Waals surface area contributed by atoms with E-state index in [1.807, 2.05) is 16.9 Å². The predicted molar refractivity (Wildman–Crippen MR) is 98.3 cm³/mol. The van der Waals surface area contributed by atoms with Gasteiger partial charge in [0.25, 0.3) is 11.8 Å². The molecule has 0 spiro atoms. The third-order valence-corrected chi connectivity index (χ3v) is 5.52. The zero-order valence-electron chi connectivity index (χ0n) is 13.8. The SMILES string of the molecule is O=C(CN1CCc2ccccc2C1=O)NS(=O)(=O)Cc1cccc(Cl)c1. The molecule has 1 aliphatic heterocycles. The average Bonchev–Trinajstić information content (AvgIpc) is 2.56. The third kappa shape index (κ3) is 4.42. The molecule has 0 aromatic heterocycles. The van der Waals surface area contributed by atoms with Gasteiger partial charge >= 0.3 is 0 Å². The van der Waals surface area contributed by atoms with E-state index in [0.717, 1.165) is 5.56 Å². The first-order chi connectivity index (χ1) is 12.3. The van der Waals surface area contributed by atoms with Gasteiger partial charge in [-0.25, -0.2) is 8.42 Å². The fraction of sp³-hybridized carbons (Fsp3) is 0.222. The molecule has 0 aliphatic carbocycles. The second kappa shape index (κ2) is 7.47. The van der Waals surface area contributed by atoms with Crippen molar-refractivity contribution in [2.24, 2.45) is 0 Å². The Labute approximate surface area is 156 Å². The van der Waals surface area contributed by atoms with E-state index in [1.54, 1.807) is 30.3 Å². The minimum absolute atomic E-state index is 0.269. The molecule has 26 heavy (non-hydrogen) atoms. The highest BCUT2D eigenvalue weighted by atomic mass is 35.5. The van der Waals surface area contributed by atoms with Gasteiger partial charge in [0.15, 0.2) is 0 Å². The standard InChI is InChI=1S/C18H17ClN2O4S/c19-15-6-3-4-13(10-15)12-26(24,25)20-17(22)11-21-9-8-14-5-1-2-7-16(14)18(21)23/h1-7,10H,8-9,11-12H2,(H,20,22). The van der Waals surface area contributed by atoms with Crippen LogP contribution in [-0.2, 0) is 27.0 Å². The van der Waals surface area contributed by atoms with Crippen molar-refractivity contribution < 1.29 is 18.0 Å². The Morgan fingerprint density at radius 1 is 1.15 bits per heavy atom. The maximum absolute atomic E-state index is 12.4. The molecule has 136 valence electrons. The summed E-state index contributed by atoms with van der Waals surface area (Å²) in [6, 6.07) is 13.6. The van der Waals surface area contributed by atoms with Crippen molar-refractivity contribution in [3.63, 3.8) is 0 Å². The molecule has 2 amide bonds. The van der Waals surface area contributed by atoms with E-state index in [0.29, 0.717) is 29.1 Å². The molecule has 1 N–H and O–H groups in total. The molecule has 0 bridgehead atoms. The average molecular weight is 393 g/mol. The van der Waals surface area contributed by atoms with Crippen LogP contribution in [0.5, 0.6) is 0 Å². The first-order valence-electron chi connectivity index (χ1n) is 7.99. The summed E-state index contributed by atoms with van der Waals surface area (Å²) in [5, 5.41) is 0.418. The molecular weight excluding hydrogens is 376 g/mol. The fourth-order valence-electron chi connectivity index (χ4n) is 2.89. The number of carbonyl (C=O) groups is 2. The van der Waals surface area contributed by atoms with E-state index in [2.05, 4.69) is 0 Å². The first-order valence-corrected chi connectivity index (χ1v) is 10.0. The molecule has 6 nitrogen and oxygen atoms in total. The van der Waals surface area contributed by atoms with Crippen LogP contribution < -0.4 is 4.72 Å². The van der Waals surface area contributed by atoms with E-state index in [-0.39, 0.29) is 18.2 Å². The number of carbonyl (C=O) groups excluding carboxylic acids is 2. The summed E-state index contributed by atoms with van der Waals surface area (Å²) in [6.45, 7) is 0.0690. The van der Waals surface area contributed by atoms with Gasteiger partial charge in [0.2, 0.25) is 10.0 Å². The quantitative estimate of drug-likeness (QED) is 0.843. The number of halogens is 1. The zero-order chi connectivity index (χ0) is 18.7. The molecule has 1 heterocycles. The largest absolute Gasteiger partial charge is 0.329 e. The lowest BCUT2D eigenvalue weighted by Crippen LogP contribution is -2.45. The maximum atomic E-state index is 12.4. The van der Waals surface area contributed by atoms with Gasteiger partial charge in [0, 0.05) is 17.1 Å². The Bertz CT molecular complexity index is 959. The van der Waals surface area contributed by atoms with Crippen molar-refractivity contribution >= 4 is 33.4 Å². The molecule has 0 unspecified atom stereocenters. The summed E-state index contributed by atoms with van der Waals surface area (Å²) in [4.78, 5) is 25.9. The summed E-state index contributed by atoms with van der Waals surface area (Å²) in [6.07, 6.45) is 0.629. The van der Waals surface area contributed by atoms with Crippen LogP contribution in [0.4, 0.5) is 0 Å². The van der Waals surface area contributed by atoms with Gasteiger partial charge in [-0.1, -0.05) is 41.9 Å². The van der Waals surface area contributed by atoms with E-state index >= 15 is 0 Å². The molecule has 2 aromatic carbocycles. The van der Waals surface area contributed by atoms with Gasteiger partial charge in [0.05, 0.1) is 5.75 Å². The summed E-state index contributed by atoms with van der Waals surface area (Å²) < 4.78 is 26.3. The highest BCUT2D eigenvalue weighted by molar-refractivity contribution is 7.89. The molecule has 0 saturated carbocycles. The third-order valence-electron chi connectivity index (χ3n) is 4.04. The van der Waals surface area contributed by atoms with Crippen LogP contribution in [0.2, 0.25) is 5.02 Å². The summed E-state index contributed by atoms with van der Waals surface area (Å²) >= 11 is 5.84. The number of hydrogen-bond donors (Lipinski definition) is 1. The molecule has 2 aromatic rings. The molecule has 3 rings (SSSR count). The van der Waals surface area contributed by atoms with Gasteiger partial charge in [-0.3, -0.25) is 14.3 Å². The Morgan fingerprint density at radius 3 is 2.69 bits per heavy atom. The summed E-state index contributed by atoms with van der Waals surface area (Å²) in [7, 11) is -3.88. The highest BCUT2D eigenvalue weighted by Gasteiger charge is 2.26. The van der Waals surface area contributed by atoms with Gasteiger partial charge < -0.3 is 4.90 Å². The number of nitrogens with one attached hydrogen (secondary N) is 1. The molecule has 0 atom stereocenters. The van der Waals surface area contributed by atoms with Crippen LogP contribution in [0, 0.1) is 0 Å². The van der Waals surface area contributed by atoms with Crippen molar-refractivity contribution in [1.29, 1.82) is 0 Å². The van der Waals surface area contributed by atoms with Gasteiger partial charge in [-0.15, -0.1) is 0 Å². The fourth-order valence-corrected chi connectivity index (χ4v) is 4.20. The first kappa shape index (κ1) is 18.4. The zero-order valence-corrected chi connectivity index (χ0v) is 15.4. The lowest BCUT2D eigenvalue weighted by atomic mass is 9.99. The molecule has 0 saturated heterocycles. The predicted octanol–water partition coefficient (Wildman–Crippen LogP) is 1.98. The van der Waals surface area contributed by atoms with Crippen molar-refractivity contribution in [2.45, 2.75) is 12.2 Å². The lowest BCUT2D eigenvalue weighted by molar-refractivity contribution is -0.120. The minimum Gasteiger partial charge on any atom is -0.329 e. The number of fused-ring (bicyclic) bond motifs is 1. The summed E-state index contributed by atoms with van der Waals surface area (Å²) in [5.41, 5.74) is 1.96. The number of hydrogen-bond acceptors (Lipinski definition) is 4. The lowest BCUT2D eigenvalue weighted by Gasteiger charge is -2.27. The number of nitrogens with zero attached hydrogens (tertiary/aromatic N) is 1. The molecule has 0 radical (unpaired) electrons. The van der Waals surface area contributed by atoms with Crippen molar-refractivity contribution in [1.82, 2.24) is 9.62 Å². The van der Waals surface area contributed by atoms with E-state index in [4.69, 9.17) is 11.6 Å². The Balaban J connectivity index is 1.63. The number of benzene rings is 2. The van der Waals surface area contributed by atoms with Crippen LogP contribution >= 0.6 is 11.6 Å². The Kier molecular flexibility index (Phi) is 5.29. The molecule has 8 heteroatoms. The monoisotopic (exact) mass is 392 g/mol. The van der Waals surface area contributed by atoms with E-state index < -0.39 is 15.9 Å². The van der Waals surface area contributed by atoms with Crippen molar-refractivity contribution in [2.75, 3.05) is 13.1 Å².